The van der Waals surface area contributed by atoms with Crippen LogP contribution in [0.2, 0.25) is 0 Å². The minimum Gasteiger partial charge on any atom is -0.329 e. The van der Waals surface area contributed by atoms with E-state index in [1.165, 1.54) is 4.90 Å². The molecule has 19 heavy (non-hydrogen) atoms. The molecule has 0 N–H and O–H groups in total. The van der Waals surface area contributed by atoms with Crippen LogP contribution in [0.3, 0.4) is 0 Å². The van der Waals surface area contributed by atoms with Crippen LogP contribution in [0.4, 0.5) is 13.2 Å². The third-order valence-electron chi connectivity index (χ3n) is 2.97. The average Bonchev–Trinajstić information content (AvgIpc) is 2.86. The van der Waals surface area contributed by atoms with E-state index >= 15 is 0 Å². The normalized spacial score (nSPS) is 19.5. The van der Waals surface area contributed by atoms with Crippen molar-refractivity contribution in [3.63, 3.8) is 0 Å². The van der Waals surface area contributed by atoms with E-state index < -0.39 is 17.9 Å². The summed E-state index contributed by atoms with van der Waals surface area (Å²) in [5.41, 5.74) is -0.990. The van der Waals surface area contributed by atoms with Gasteiger partial charge in [0, 0.05) is 12.7 Å². The Hall–Kier alpha value is -1.92. The zero-order chi connectivity index (χ0) is 14.0. The third-order valence-corrected chi connectivity index (χ3v) is 2.97. The minimum absolute atomic E-state index is 0.0301. The second-order valence-electron chi connectivity index (χ2n) is 4.19. The molecule has 1 aliphatic heterocycles. The standard InChI is InChI=1S/C12H12F3N3O/c1-2-10(19)18-7-3-4-8(18)11-16-6-5-9(17-11)12(13,14)15/h2,5-6,8H,1,3-4,7H2. The summed E-state index contributed by atoms with van der Waals surface area (Å²) in [6.07, 6.45) is -1.03. The topological polar surface area (TPSA) is 46.1 Å². The fourth-order valence-corrected chi connectivity index (χ4v) is 2.11. The molecule has 2 rings (SSSR count). The van der Waals surface area contributed by atoms with Crippen molar-refractivity contribution >= 4 is 5.91 Å². The summed E-state index contributed by atoms with van der Waals surface area (Å²) in [6.45, 7) is 3.86. The number of likely N-dealkylation sites (tertiary alicyclic amines) is 1. The number of rotatable bonds is 2. The minimum atomic E-state index is -4.51. The lowest BCUT2D eigenvalue weighted by Crippen LogP contribution is -2.30. The molecule has 1 saturated heterocycles. The van der Waals surface area contributed by atoms with E-state index in [-0.39, 0.29) is 11.7 Å². The summed E-state index contributed by atoms with van der Waals surface area (Å²) in [5, 5.41) is 0. The van der Waals surface area contributed by atoms with Gasteiger partial charge < -0.3 is 4.90 Å². The second-order valence-corrected chi connectivity index (χ2v) is 4.19. The van der Waals surface area contributed by atoms with Gasteiger partial charge >= 0.3 is 6.18 Å². The number of aromatic nitrogens is 2. The Kier molecular flexibility index (Phi) is 3.55. The van der Waals surface area contributed by atoms with Crippen LogP contribution in [0.25, 0.3) is 0 Å². The van der Waals surface area contributed by atoms with Crippen LogP contribution in [0.1, 0.15) is 30.4 Å². The molecular weight excluding hydrogens is 259 g/mol. The maximum absolute atomic E-state index is 12.6. The van der Waals surface area contributed by atoms with Crippen LogP contribution in [0.5, 0.6) is 0 Å². The molecule has 1 unspecified atom stereocenters. The third kappa shape index (κ3) is 2.74. The molecule has 0 spiro atoms. The molecule has 1 amide bonds. The number of carbonyl (C=O) groups excluding carboxylic acids is 1. The van der Waals surface area contributed by atoms with Crippen LogP contribution in [-0.2, 0) is 11.0 Å². The molecule has 1 aromatic heterocycles. The van der Waals surface area contributed by atoms with E-state index in [0.717, 1.165) is 18.3 Å². The molecule has 1 atom stereocenters. The first-order valence-electron chi connectivity index (χ1n) is 5.76. The fourth-order valence-electron chi connectivity index (χ4n) is 2.11. The molecule has 7 heteroatoms. The van der Waals surface area contributed by atoms with Crippen LogP contribution < -0.4 is 0 Å². The van der Waals surface area contributed by atoms with Crippen molar-refractivity contribution in [3.05, 3.63) is 36.4 Å². The molecule has 0 radical (unpaired) electrons. The van der Waals surface area contributed by atoms with Crippen molar-refractivity contribution in [1.29, 1.82) is 0 Å². The van der Waals surface area contributed by atoms with Crippen molar-refractivity contribution < 1.29 is 18.0 Å². The van der Waals surface area contributed by atoms with Gasteiger partial charge in [0.2, 0.25) is 5.91 Å². The molecule has 0 bridgehead atoms. The number of carbonyl (C=O) groups is 1. The van der Waals surface area contributed by atoms with Gasteiger partial charge in [-0.25, -0.2) is 9.97 Å². The van der Waals surface area contributed by atoms with Crippen molar-refractivity contribution in [2.24, 2.45) is 0 Å². The van der Waals surface area contributed by atoms with E-state index in [1.807, 2.05) is 0 Å². The van der Waals surface area contributed by atoms with Crippen molar-refractivity contribution in [2.75, 3.05) is 6.54 Å². The summed E-state index contributed by atoms with van der Waals surface area (Å²) < 4.78 is 37.8. The summed E-state index contributed by atoms with van der Waals surface area (Å²) >= 11 is 0. The summed E-state index contributed by atoms with van der Waals surface area (Å²) in [6, 6.07) is 0.311. The van der Waals surface area contributed by atoms with E-state index in [1.54, 1.807) is 0 Å². The number of halogens is 3. The molecule has 0 saturated carbocycles. The first-order valence-corrected chi connectivity index (χ1v) is 5.76. The van der Waals surface area contributed by atoms with Crippen molar-refractivity contribution in [3.8, 4) is 0 Å². The van der Waals surface area contributed by atoms with Gasteiger partial charge in [-0.3, -0.25) is 4.79 Å². The molecule has 1 aromatic rings. The van der Waals surface area contributed by atoms with E-state index in [0.29, 0.717) is 19.4 Å². The Labute approximate surface area is 108 Å². The Morgan fingerprint density at radius 3 is 2.89 bits per heavy atom. The van der Waals surface area contributed by atoms with Crippen molar-refractivity contribution in [2.45, 2.75) is 25.1 Å². The maximum atomic E-state index is 12.6. The Morgan fingerprint density at radius 1 is 1.53 bits per heavy atom. The van der Waals surface area contributed by atoms with Crippen molar-refractivity contribution in [1.82, 2.24) is 14.9 Å². The quantitative estimate of drug-likeness (QED) is 0.776. The van der Waals surface area contributed by atoms with Crippen LogP contribution in [0, 0.1) is 0 Å². The smallest absolute Gasteiger partial charge is 0.329 e. The molecule has 1 aliphatic rings. The average molecular weight is 271 g/mol. The zero-order valence-corrected chi connectivity index (χ0v) is 10.0. The predicted molar refractivity (Wildman–Crippen MR) is 60.9 cm³/mol. The van der Waals surface area contributed by atoms with E-state index in [4.69, 9.17) is 0 Å². The highest BCUT2D eigenvalue weighted by molar-refractivity contribution is 5.87. The summed E-state index contributed by atoms with van der Waals surface area (Å²) in [5.74, 6) is -0.286. The highest BCUT2D eigenvalue weighted by atomic mass is 19.4. The number of nitrogens with zero attached hydrogens (tertiary/aromatic N) is 3. The number of alkyl halides is 3. The number of hydrogen-bond donors (Lipinski definition) is 0. The maximum Gasteiger partial charge on any atom is 0.433 e. The van der Waals surface area contributed by atoms with Gasteiger partial charge in [-0.1, -0.05) is 6.58 Å². The van der Waals surface area contributed by atoms with Gasteiger partial charge in [0.05, 0.1) is 6.04 Å². The lowest BCUT2D eigenvalue weighted by molar-refractivity contribution is -0.141. The molecule has 1 fully saturated rings. The first-order chi connectivity index (χ1) is 8.93. The van der Waals surface area contributed by atoms with Gasteiger partial charge in [-0.2, -0.15) is 13.2 Å². The molecule has 0 aliphatic carbocycles. The van der Waals surface area contributed by atoms with Crippen LogP contribution in [-0.4, -0.2) is 27.3 Å². The highest BCUT2D eigenvalue weighted by Crippen LogP contribution is 2.32. The van der Waals surface area contributed by atoms with E-state index in [2.05, 4.69) is 16.5 Å². The van der Waals surface area contributed by atoms with Crippen LogP contribution >= 0.6 is 0 Å². The lowest BCUT2D eigenvalue weighted by atomic mass is 10.2. The second kappa shape index (κ2) is 4.99. The van der Waals surface area contributed by atoms with Gasteiger partial charge in [0.15, 0.2) is 5.82 Å². The van der Waals surface area contributed by atoms with Gasteiger partial charge in [-0.05, 0) is 25.0 Å². The SMILES string of the molecule is C=CC(=O)N1CCCC1c1nccc(C(F)(F)F)n1. The predicted octanol–water partition coefficient (Wildman–Crippen LogP) is 2.34. The zero-order valence-electron chi connectivity index (χ0n) is 10.0. The van der Waals surface area contributed by atoms with E-state index in [9.17, 15) is 18.0 Å². The highest BCUT2D eigenvalue weighted by Gasteiger charge is 2.35. The lowest BCUT2D eigenvalue weighted by Gasteiger charge is -2.22. The van der Waals surface area contributed by atoms with Gasteiger partial charge in [0.25, 0.3) is 0 Å². The molecular formula is C12H12F3N3O. The Morgan fingerprint density at radius 2 is 2.26 bits per heavy atom. The molecule has 4 nitrogen and oxygen atoms in total. The molecule has 2 heterocycles. The van der Waals surface area contributed by atoms with Crippen LogP contribution in [0.15, 0.2) is 24.9 Å². The van der Waals surface area contributed by atoms with Gasteiger partial charge in [-0.15, -0.1) is 0 Å². The molecule has 102 valence electrons. The first kappa shape index (κ1) is 13.5. The summed E-state index contributed by atoms with van der Waals surface area (Å²) in [7, 11) is 0. The largest absolute Gasteiger partial charge is 0.433 e. The fraction of sp³-hybridized carbons (Fsp3) is 0.417. The Bertz CT molecular complexity index is 501. The number of hydrogen-bond acceptors (Lipinski definition) is 3. The number of amides is 1. The summed E-state index contributed by atoms with van der Waals surface area (Å²) in [4.78, 5) is 20.4. The van der Waals surface area contributed by atoms with Gasteiger partial charge in [0.1, 0.15) is 5.69 Å². The molecule has 0 aromatic carbocycles. The Balaban J connectivity index is 2.31. The monoisotopic (exact) mass is 271 g/mol.